The van der Waals surface area contributed by atoms with Gasteiger partial charge in [0.25, 0.3) is 5.91 Å². The van der Waals surface area contributed by atoms with E-state index >= 15 is 0 Å². The normalized spacial score (nSPS) is 14.3. The van der Waals surface area contributed by atoms with Crippen molar-refractivity contribution in [3.63, 3.8) is 0 Å². The Labute approximate surface area is 148 Å². The molecule has 1 aliphatic heterocycles. The number of carbonyl (C=O) groups excluding carboxylic acids is 1. The number of rotatable bonds is 4. The zero-order valence-electron chi connectivity index (χ0n) is 14.2. The van der Waals surface area contributed by atoms with E-state index in [9.17, 15) is 13.2 Å². The van der Waals surface area contributed by atoms with Crippen molar-refractivity contribution in [1.29, 1.82) is 0 Å². The number of carbonyl (C=O) groups is 1. The van der Waals surface area contributed by atoms with Crippen LogP contribution in [0.4, 0.5) is 5.69 Å². The van der Waals surface area contributed by atoms with Gasteiger partial charge in [0.1, 0.15) is 0 Å². The van der Waals surface area contributed by atoms with Gasteiger partial charge >= 0.3 is 0 Å². The third-order valence-electron chi connectivity index (χ3n) is 4.21. The Morgan fingerprint density at radius 2 is 1.84 bits per heavy atom. The van der Waals surface area contributed by atoms with E-state index < -0.39 is 10.0 Å². The van der Waals surface area contributed by atoms with Crippen LogP contribution >= 0.6 is 0 Å². The Bertz CT molecular complexity index is 919. The van der Waals surface area contributed by atoms with Crippen molar-refractivity contribution in [3.05, 3.63) is 65.7 Å². The molecule has 3 rings (SSSR count). The van der Waals surface area contributed by atoms with Gasteiger partial charge in [-0.3, -0.25) is 4.79 Å². The number of hydrogen-bond acceptors (Lipinski definition) is 3. The highest BCUT2D eigenvalue weighted by Crippen LogP contribution is 2.31. The number of nitrogens with zero attached hydrogens (tertiary/aromatic N) is 2. The van der Waals surface area contributed by atoms with Gasteiger partial charge in [-0.05, 0) is 41.8 Å². The van der Waals surface area contributed by atoms with Gasteiger partial charge in [0.05, 0.1) is 4.90 Å². The summed E-state index contributed by atoms with van der Waals surface area (Å²) in [5, 5.41) is 0. The van der Waals surface area contributed by atoms with Gasteiger partial charge in [-0.25, -0.2) is 12.7 Å². The van der Waals surface area contributed by atoms with Gasteiger partial charge in [0, 0.05) is 32.4 Å². The third kappa shape index (κ3) is 3.50. The maximum Gasteiger partial charge on any atom is 0.251 e. The summed E-state index contributed by atoms with van der Waals surface area (Å²) in [6, 6.07) is 14.6. The second-order valence-electron chi connectivity index (χ2n) is 6.06. The average molecular weight is 356 g/mol. The first kappa shape index (κ1) is 17.4. The zero-order valence-corrected chi connectivity index (χ0v) is 15.0. The Kier molecular flexibility index (Phi) is 4.74. The molecule has 1 heterocycles. The predicted molar refractivity (Wildman–Crippen MR) is 98.8 cm³/mol. The fourth-order valence-electron chi connectivity index (χ4n) is 2.80. The van der Waals surface area contributed by atoms with E-state index in [1.165, 1.54) is 18.4 Å². The third-order valence-corrected chi connectivity index (χ3v) is 6.02. The van der Waals surface area contributed by atoms with Crippen molar-refractivity contribution < 1.29 is 13.2 Å². The summed E-state index contributed by atoms with van der Waals surface area (Å²) in [6.07, 6.45) is 3.98. The van der Waals surface area contributed by atoms with Crippen molar-refractivity contribution in [2.75, 3.05) is 25.5 Å². The lowest BCUT2D eigenvalue weighted by atomic mass is 10.2. The summed E-state index contributed by atoms with van der Waals surface area (Å²) in [5.41, 5.74) is 2.62. The smallest absolute Gasteiger partial charge is 0.251 e. The summed E-state index contributed by atoms with van der Waals surface area (Å²) in [4.78, 5) is 14.4. The van der Waals surface area contributed by atoms with Gasteiger partial charge in [0.15, 0.2) is 0 Å². The van der Waals surface area contributed by atoms with Crippen molar-refractivity contribution in [1.82, 2.24) is 4.31 Å². The molecule has 0 bridgehead atoms. The molecule has 0 spiro atoms. The van der Waals surface area contributed by atoms with Crippen molar-refractivity contribution in [3.8, 4) is 0 Å². The molecule has 0 atom stereocenters. The largest absolute Gasteiger partial charge is 0.308 e. The molecule has 2 aromatic rings. The molecular formula is C19H20N2O3S. The van der Waals surface area contributed by atoms with Crippen molar-refractivity contribution >= 4 is 27.7 Å². The van der Waals surface area contributed by atoms with Gasteiger partial charge in [0.2, 0.25) is 10.0 Å². The van der Waals surface area contributed by atoms with E-state index in [1.54, 1.807) is 35.3 Å². The standard InChI is InChI=1S/C19H20N2O3S/c1-20(2)25(23,24)17-9-10-18-16(14-17)12-13-21(18)19(22)11-8-15-6-4-3-5-7-15/h3-11,14H,12-13H2,1-2H3/b11-8+. The summed E-state index contributed by atoms with van der Waals surface area (Å²) in [6.45, 7) is 0.554. The minimum absolute atomic E-state index is 0.106. The molecule has 1 aliphatic rings. The maximum atomic E-state index is 12.5. The van der Waals surface area contributed by atoms with Crippen LogP contribution in [-0.4, -0.2) is 39.3 Å². The molecule has 0 saturated heterocycles. The lowest BCUT2D eigenvalue weighted by Gasteiger charge is -2.16. The van der Waals surface area contributed by atoms with Crippen LogP contribution in [0.3, 0.4) is 0 Å². The zero-order chi connectivity index (χ0) is 18.0. The molecule has 1 amide bonds. The predicted octanol–water partition coefficient (Wildman–Crippen LogP) is 2.54. The lowest BCUT2D eigenvalue weighted by Crippen LogP contribution is -2.26. The number of hydrogen-bond donors (Lipinski definition) is 0. The Morgan fingerprint density at radius 3 is 2.52 bits per heavy atom. The van der Waals surface area contributed by atoms with E-state index in [1.807, 2.05) is 30.3 Å². The number of sulfonamides is 1. The lowest BCUT2D eigenvalue weighted by molar-refractivity contribution is -0.114. The van der Waals surface area contributed by atoms with Crippen LogP contribution in [0.5, 0.6) is 0 Å². The van der Waals surface area contributed by atoms with Gasteiger partial charge < -0.3 is 4.90 Å². The molecule has 2 aromatic carbocycles. The SMILES string of the molecule is CN(C)S(=O)(=O)c1ccc2c(c1)CCN2C(=O)/C=C/c1ccccc1. The Hall–Kier alpha value is -2.44. The van der Waals surface area contributed by atoms with Crippen LogP contribution in [0.25, 0.3) is 6.08 Å². The number of anilines is 1. The molecule has 0 fully saturated rings. The molecule has 0 saturated carbocycles. The molecule has 0 aliphatic carbocycles. The van der Waals surface area contributed by atoms with Crippen LogP contribution in [0.2, 0.25) is 0 Å². The molecule has 0 aromatic heterocycles. The molecule has 25 heavy (non-hydrogen) atoms. The van der Waals surface area contributed by atoms with E-state index in [0.717, 1.165) is 16.8 Å². The van der Waals surface area contributed by atoms with E-state index in [2.05, 4.69) is 0 Å². The van der Waals surface area contributed by atoms with Gasteiger partial charge in [-0.1, -0.05) is 30.3 Å². The number of amides is 1. The summed E-state index contributed by atoms with van der Waals surface area (Å²) >= 11 is 0. The van der Waals surface area contributed by atoms with Crippen molar-refractivity contribution in [2.45, 2.75) is 11.3 Å². The highest BCUT2D eigenvalue weighted by molar-refractivity contribution is 7.89. The van der Waals surface area contributed by atoms with Crippen LogP contribution in [0.1, 0.15) is 11.1 Å². The number of benzene rings is 2. The molecule has 0 N–H and O–H groups in total. The van der Waals surface area contributed by atoms with E-state index in [0.29, 0.717) is 13.0 Å². The molecule has 0 radical (unpaired) electrons. The minimum atomic E-state index is -3.47. The Balaban J connectivity index is 1.83. The van der Waals surface area contributed by atoms with E-state index in [4.69, 9.17) is 0 Å². The second kappa shape index (κ2) is 6.82. The first-order valence-electron chi connectivity index (χ1n) is 7.99. The summed E-state index contributed by atoms with van der Waals surface area (Å²) < 4.78 is 25.7. The fraction of sp³-hybridized carbons (Fsp3) is 0.211. The fourth-order valence-corrected chi connectivity index (χ4v) is 3.75. The molecule has 5 nitrogen and oxygen atoms in total. The topological polar surface area (TPSA) is 57.7 Å². The average Bonchev–Trinajstić information content (AvgIpc) is 3.03. The van der Waals surface area contributed by atoms with Crippen LogP contribution in [0, 0.1) is 0 Å². The summed E-state index contributed by atoms with van der Waals surface area (Å²) in [5.74, 6) is -0.106. The monoisotopic (exact) mass is 356 g/mol. The van der Waals surface area contributed by atoms with Crippen LogP contribution in [0.15, 0.2) is 59.5 Å². The summed E-state index contributed by atoms with van der Waals surface area (Å²) in [7, 11) is -0.453. The molecule has 6 heteroatoms. The highest BCUT2D eigenvalue weighted by atomic mass is 32.2. The first-order chi connectivity index (χ1) is 11.9. The first-order valence-corrected chi connectivity index (χ1v) is 9.44. The molecule has 130 valence electrons. The van der Waals surface area contributed by atoms with Crippen LogP contribution in [-0.2, 0) is 21.2 Å². The Morgan fingerprint density at radius 1 is 1.12 bits per heavy atom. The quantitative estimate of drug-likeness (QED) is 0.791. The maximum absolute atomic E-state index is 12.5. The highest BCUT2D eigenvalue weighted by Gasteiger charge is 2.26. The van der Waals surface area contributed by atoms with Crippen molar-refractivity contribution in [2.24, 2.45) is 0 Å². The molecule has 0 unspecified atom stereocenters. The van der Waals surface area contributed by atoms with Gasteiger partial charge in [-0.2, -0.15) is 0 Å². The second-order valence-corrected chi connectivity index (χ2v) is 8.21. The number of fused-ring (bicyclic) bond motifs is 1. The van der Waals surface area contributed by atoms with Crippen LogP contribution < -0.4 is 4.90 Å². The van der Waals surface area contributed by atoms with Gasteiger partial charge in [-0.15, -0.1) is 0 Å². The molecular weight excluding hydrogens is 336 g/mol. The van der Waals surface area contributed by atoms with E-state index in [-0.39, 0.29) is 10.8 Å². The minimum Gasteiger partial charge on any atom is -0.308 e.